The Kier molecular flexibility index (Phi) is 6.28. The monoisotopic (exact) mass is 269 g/mol. The first-order chi connectivity index (χ1) is 8.69. The number of nitrogens with two attached hydrogens (primary N) is 1. The Hall–Kier alpha value is -1.49. The summed E-state index contributed by atoms with van der Waals surface area (Å²) in [5, 5.41) is 0. The fourth-order valence-corrected chi connectivity index (χ4v) is 1.68. The molecule has 1 rings (SSSR count). The summed E-state index contributed by atoms with van der Waals surface area (Å²) in [7, 11) is 3.21. The molecule has 2 N–H and O–H groups in total. The lowest BCUT2D eigenvalue weighted by Crippen LogP contribution is -2.08. The molecule has 0 fully saturated rings. The lowest BCUT2D eigenvalue weighted by atomic mass is 10.2. The van der Waals surface area contributed by atoms with Gasteiger partial charge in [0.15, 0.2) is 11.5 Å². The van der Waals surface area contributed by atoms with Gasteiger partial charge in [-0.3, -0.25) is 0 Å². The summed E-state index contributed by atoms with van der Waals surface area (Å²) < 4.78 is 16.2. The summed E-state index contributed by atoms with van der Waals surface area (Å²) in [4.78, 5) is 0.546. The fourth-order valence-electron chi connectivity index (χ4n) is 1.53. The summed E-state index contributed by atoms with van der Waals surface area (Å²) in [5.41, 5.74) is 5.43. The zero-order valence-electron chi connectivity index (χ0n) is 10.8. The van der Waals surface area contributed by atoms with Crippen molar-refractivity contribution in [2.24, 2.45) is 5.73 Å². The molecule has 0 aliphatic heterocycles. The van der Waals surface area contributed by atoms with Gasteiger partial charge in [0.25, 0.3) is 0 Å². The third-order valence-corrected chi connectivity index (χ3v) is 2.65. The van der Waals surface area contributed by atoms with Gasteiger partial charge in [-0.1, -0.05) is 18.3 Å². The molecule has 5 heteroatoms. The van der Waals surface area contributed by atoms with Crippen LogP contribution in [0.1, 0.15) is 19.3 Å². The van der Waals surface area contributed by atoms with Crippen molar-refractivity contribution in [3.8, 4) is 17.2 Å². The van der Waals surface area contributed by atoms with Crippen molar-refractivity contribution < 1.29 is 14.2 Å². The zero-order chi connectivity index (χ0) is 13.4. The van der Waals surface area contributed by atoms with Crippen LogP contribution in [0.2, 0.25) is 0 Å². The molecule has 1 aromatic carbocycles. The van der Waals surface area contributed by atoms with E-state index in [0.29, 0.717) is 28.8 Å². The number of unbranched alkanes of at least 4 members (excludes halogenated alkanes) is 1. The molecule has 100 valence electrons. The summed E-state index contributed by atoms with van der Waals surface area (Å²) >= 11 is 4.81. The van der Waals surface area contributed by atoms with Crippen LogP contribution in [0.4, 0.5) is 0 Å². The van der Waals surface area contributed by atoms with Crippen molar-refractivity contribution >= 4 is 17.2 Å². The standard InChI is InChI=1S/C13H19NO3S/c1-15-10-6-5-7-11(16-2)13(10)17-9-4-3-8-12(14)18/h5-7H,3-4,8-9H2,1-2H3,(H2,14,18). The second-order valence-corrected chi connectivity index (χ2v) is 4.29. The molecule has 0 aliphatic rings. The number of benzene rings is 1. The maximum absolute atomic E-state index is 5.70. The molecular weight excluding hydrogens is 250 g/mol. The number of rotatable bonds is 8. The largest absolute Gasteiger partial charge is 0.493 e. The molecule has 0 heterocycles. The maximum atomic E-state index is 5.70. The highest BCUT2D eigenvalue weighted by molar-refractivity contribution is 7.80. The Bertz CT molecular complexity index is 374. The Morgan fingerprint density at radius 3 is 2.28 bits per heavy atom. The highest BCUT2D eigenvalue weighted by atomic mass is 32.1. The van der Waals surface area contributed by atoms with Gasteiger partial charge in [0.1, 0.15) is 0 Å². The van der Waals surface area contributed by atoms with Crippen LogP contribution in [0.3, 0.4) is 0 Å². The summed E-state index contributed by atoms with van der Waals surface area (Å²) in [6.45, 7) is 0.583. The van der Waals surface area contributed by atoms with Crippen LogP contribution < -0.4 is 19.9 Å². The Morgan fingerprint density at radius 1 is 1.17 bits per heavy atom. The Balaban J connectivity index is 2.52. The topological polar surface area (TPSA) is 53.7 Å². The van der Waals surface area contributed by atoms with E-state index in [2.05, 4.69) is 0 Å². The van der Waals surface area contributed by atoms with Gasteiger partial charge in [0.05, 0.1) is 25.8 Å². The second-order valence-electron chi connectivity index (χ2n) is 3.76. The minimum atomic E-state index is 0.546. The average molecular weight is 269 g/mol. The van der Waals surface area contributed by atoms with Crippen molar-refractivity contribution in [1.82, 2.24) is 0 Å². The molecule has 0 spiro atoms. The zero-order valence-corrected chi connectivity index (χ0v) is 11.6. The second kappa shape index (κ2) is 7.76. The number of hydrogen-bond donors (Lipinski definition) is 1. The number of methoxy groups -OCH3 is 2. The van der Waals surface area contributed by atoms with Gasteiger partial charge in [-0.05, 0) is 31.4 Å². The first-order valence-corrected chi connectivity index (χ1v) is 6.22. The molecule has 0 saturated carbocycles. The molecule has 1 aromatic rings. The number of para-hydroxylation sites is 1. The van der Waals surface area contributed by atoms with Gasteiger partial charge >= 0.3 is 0 Å². The summed E-state index contributed by atoms with van der Waals surface area (Å²) in [6, 6.07) is 5.54. The van der Waals surface area contributed by atoms with Crippen LogP contribution in [0.5, 0.6) is 17.2 Å². The van der Waals surface area contributed by atoms with Gasteiger partial charge in [-0.2, -0.15) is 0 Å². The summed E-state index contributed by atoms with van der Waals surface area (Å²) in [5.74, 6) is 1.98. The van der Waals surface area contributed by atoms with E-state index >= 15 is 0 Å². The first-order valence-electron chi connectivity index (χ1n) is 5.81. The minimum absolute atomic E-state index is 0.546. The highest BCUT2D eigenvalue weighted by Crippen LogP contribution is 2.36. The highest BCUT2D eigenvalue weighted by Gasteiger charge is 2.10. The molecule has 0 aliphatic carbocycles. The van der Waals surface area contributed by atoms with Crippen molar-refractivity contribution in [2.75, 3.05) is 20.8 Å². The van der Waals surface area contributed by atoms with E-state index in [1.165, 1.54) is 0 Å². The molecular formula is C13H19NO3S. The number of hydrogen-bond acceptors (Lipinski definition) is 4. The molecule has 4 nitrogen and oxygen atoms in total. The normalized spacial score (nSPS) is 9.89. The van der Waals surface area contributed by atoms with E-state index < -0.39 is 0 Å². The number of ether oxygens (including phenoxy) is 3. The van der Waals surface area contributed by atoms with Crippen molar-refractivity contribution in [3.05, 3.63) is 18.2 Å². The van der Waals surface area contributed by atoms with E-state index in [1.54, 1.807) is 14.2 Å². The predicted molar refractivity (Wildman–Crippen MR) is 75.7 cm³/mol. The lowest BCUT2D eigenvalue weighted by Gasteiger charge is -2.13. The van der Waals surface area contributed by atoms with Crippen LogP contribution in [0, 0.1) is 0 Å². The Labute approximate surface area is 113 Å². The molecule has 0 bridgehead atoms. The van der Waals surface area contributed by atoms with Gasteiger partial charge in [0, 0.05) is 0 Å². The first kappa shape index (κ1) is 14.6. The van der Waals surface area contributed by atoms with E-state index in [4.69, 9.17) is 32.2 Å². The Morgan fingerprint density at radius 2 is 1.78 bits per heavy atom. The van der Waals surface area contributed by atoms with E-state index in [0.717, 1.165) is 19.3 Å². The van der Waals surface area contributed by atoms with Crippen molar-refractivity contribution in [3.63, 3.8) is 0 Å². The molecule has 0 atom stereocenters. The van der Waals surface area contributed by atoms with E-state index in [1.807, 2.05) is 18.2 Å². The third kappa shape index (κ3) is 4.41. The summed E-state index contributed by atoms with van der Waals surface area (Å²) in [6.07, 6.45) is 2.56. The van der Waals surface area contributed by atoms with Gasteiger partial charge < -0.3 is 19.9 Å². The fraction of sp³-hybridized carbons (Fsp3) is 0.462. The van der Waals surface area contributed by atoms with Crippen molar-refractivity contribution in [2.45, 2.75) is 19.3 Å². The van der Waals surface area contributed by atoms with E-state index in [-0.39, 0.29) is 0 Å². The quantitative estimate of drug-likeness (QED) is 0.580. The predicted octanol–water partition coefficient (Wildman–Crippen LogP) is 2.54. The molecule has 0 radical (unpaired) electrons. The molecule has 18 heavy (non-hydrogen) atoms. The van der Waals surface area contributed by atoms with Crippen LogP contribution in [0.15, 0.2) is 18.2 Å². The van der Waals surface area contributed by atoms with Gasteiger partial charge in [-0.25, -0.2) is 0 Å². The van der Waals surface area contributed by atoms with E-state index in [9.17, 15) is 0 Å². The smallest absolute Gasteiger partial charge is 0.203 e. The molecule has 0 saturated heterocycles. The van der Waals surface area contributed by atoms with Crippen molar-refractivity contribution in [1.29, 1.82) is 0 Å². The SMILES string of the molecule is COc1cccc(OC)c1OCCCCC(N)=S. The molecule has 0 amide bonds. The van der Waals surface area contributed by atoms with Crippen LogP contribution in [-0.4, -0.2) is 25.8 Å². The minimum Gasteiger partial charge on any atom is -0.493 e. The van der Waals surface area contributed by atoms with Crippen LogP contribution in [0.25, 0.3) is 0 Å². The molecule has 0 unspecified atom stereocenters. The third-order valence-electron chi connectivity index (χ3n) is 2.45. The number of thiocarbonyl (C=S) groups is 1. The van der Waals surface area contributed by atoms with Gasteiger partial charge in [-0.15, -0.1) is 0 Å². The molecule has 0 aromatic heterocycles. The van der Waals surface area contributed by atoms with Crippen LogP contribution in [-0.2, 0) is 0 Å². The maximum Gasteiger partial charge on any atom is 0.203 e. The lowest BCUT2D eigenvalue weighted by molar-refractivity contribution is 0.269. The van der Waals surface area contributed by atoms with Crippen LogP contribution >= 0.6 is 12.2 Å². The van der Waals surface area contributed by atoms with Gasteiger partial charge in [0.2, 0.25) is 5.75 Å². The average Bonchev–Trinajstić information content (AvgIpc) is 2.37.